The van der Waals surface area contributed by atoms with E-state index in [0.29, 0.717) is 6.04 Å². The number of unbranched alkanes of at least 4 members (excludes halogenated alkanes) is 1. The fourth-order valence-corrected chi connectivity index (χ4v) is 1.62. The molecule has 0 aromatic carbocycles. The summed E-state index contributed by atoms with van der Waals surface area (Å²) < 4.78 is 0. The van der Waals surface area contributed by atoms with E-state index in [-0.39, 0.29) is 24.0 Å². The molecule has 0 saturated heterocycles. The van der Waals surface area contributed by atoms with Crippen LogP contribution in [-0.2, 0) is 0 Å². The van der Waals surface area contributed by atoms with E-state index in [1.165, 1.54) is 19.3 Å². The molecule has 1 saturated carbocycles. The standard InChI is InChI=1S/C12H25N3.HI/c1-5-7-8-15(4)12(13-6-2)14-11-9-10(11)3;/h10-11H,5-9H2,1-4H3,(H,13,14);1H. The molecule has 0 aliphatic heterocycles. The highest BCUT2D eigenvalue weighted by Crippen LogP contribution is 2.29. The summed E-state index contributed by atoms with van der Waals surface area (Å²) in [6.45, 7) is 8.56. The van der Waals surface area contributed by atoms with Gasteiger partial charge in [-0.1, -0.05) is 20.3 Å². The van der Waals surface area contributed by atoms with E-state index in [1.54, 1.807) is 0 Å². The molecule has 16 heavy (non-hydrogen) atoms. The molecule has 4 heteroatoms. The molecule has 1 aliphatic carbocycles. The Balaban J connectivity index is 0.00000225. The second-order valence-electron chi connectivity index (χ2n) is 4.54. The van der Waals surface area contributed by atoms with Gasteiger partial charge in [-0.25, -0.2) is 0 Å². The summed E-state index contributed by atoms with van der Waals surface area (Å²) in [6, 6.07) is 0.666. The van der Waals surface area contributed by atoms with Crippen molar-refractivity contribution in [2.45, 2.75) is 46.1 Å². The fraction of sp³-hybridized carbons (Fsp3) is 0.917. The minimum Gasteiger partial charge on any atom is -0.353 e. The maximum absolute atomic E-state index is 4.52. The number of guanidine groups is 1. The van der Waals surface area contributed by atoms with Gasteiger partial charge in [-0.3, -0.25) is 4.99 Å². The minimum atomic E-state index is 0. The van der Waals surface area contributed by atoms with Crippen LogP contribution in [0.5, 0.6) is 0 Å². The molecule has 1 fully saturated rings. The zero-order valence-corrected chi connectivity index (χ0v) is 13.3. The van der Waals surface area contributed by atoms with Crippen LogP contribution in [-0.4, -0.2) is 37.0 Å². The van der Waals surface area contributed by atoms with Crippen LogP contribution in [0.15, 0.2) is 4.99 Å². The molecule has 2 atom stereocenters. The number of halogens is 1. The van der Waals surface area contributed by atoms with Gasteiger partial charge in [0.05, 0.1) is 0 Å². The highest BCUT2D eigenvalue weighted by atomic mass is 127. The lowest BCUT2D eigenvalue weighted by Crippen LogP contribution is -2.41. The van der Waals surface area contributed by atoms with Crippen molar-refractivity contribution in [3.8, 4) is 0 Å². The van der Waals surface area contributed by atoms with Crippen molar-refractivity contribution in [2.24, 2.45) is 10.9 Å². The molecule has 96 valence electrons. The average molecular weight is 339 g/mol. The maximum atomic E-state index is 4.52. The van der Waals surface area contributed by atoms with Crippen LogP contribution in [0.25, 0.3) is 0 Å². The molecule has 1 aliphatic rings. The van der Waals surface area contributed by atoms with E-state index < -0.39 is 0 Å². The van der Waals surface area contributed by atoms with Crippen LogP contribution in [0.1, 0.15) is 40.0 Å². The third-order valence-electron chi connectivity index (χ3n) is 2.94. The largest absolute Gasteiger partial charge is 0.353 e. The first-order valence-corrected chi connectivity index (χ1v) is 6.21. The van der Waals surface area contributed by atoms with Crippen molar-refractivity contribution in [3.05, 3.63) is 0 Å². The Bertz CT molecular complexity index is 218. The lowest BCUT2D eigenvalue weighted by molar-refractivity contribution is 0.461. The monoisotopic (exact) mass is 339 g/mol. The van der Waals surface area contributed by atoms with Gasteiger partial charge in [0.15, 0.2) is 5.96 Å². The third kappa shape index (κ3) is 5.37. The van der Waals surface area contributed by atoms with Gasteiger partial charge in [0, 0.05) is 26.2 Å². The lowest BCUT2D eigenvalue weighted by Gasteiger charge is -2.22. The van der Waals surface area contributed by atoms with Gasteiger partial charge in [0.25, 0.3) is 0 Å². The molecule has 0 heterocycles. The topological polar surface area (TPSA) is 27.6 Å². The lowest BCUT2D eigenvalue weighted by atomic mass is 10.3. The van der Waals surface area contributed by atoms with Gasteiger partial charge < -0.3 is 10.2 Å². The van der Waals surface area contributed by atoms with E-state index >= 15 is 0 Å². The molecule has 1 rings (SSSR count). The predicted octanol–water partition coefficient (Wildman–Crippen LogP) is 2.71. The molecule has 0 amide bonds. The molecule has 0 aromatic heterocycles. The number of hydrogen-bond acceptors (Lipinski definition) is 1. The second kappa shape index (κ2) is 8.14. The Hall–Kier alpha value is 0. The highest BCUT2D eigenvalue weighted by molar-refractivity contribution is 14.0. The van der Waals surface area contributed by atoms with Crippen LogP contribution in [0.2, 0.25) is 0 Å². The van der Waals surface area contributed by atoms with Crippen LogP contribution < -0.4 is 5.32 Å². The summed E-state index contributed by atoms with van der Waals surface area (Å²) in [7, 11) is 2.13. The summed E-state index contributed by atoms with van der Waals surface area (Å²) in [5, 5.41) is 3.53. The van der Waals surface area contributed by atoms with Gasteiger partial charge in [0.1, 0.15) is 0 Å². The SMILES string of the molecule is CCCCN(C)C(=NCC)NC1CC1C.I. The zero-order chi connectivity index (χ0) is 11.3. The average Bonchev–Trinajstić information content (AvgIpc) is 2.90. The van der Waals surface area contributed by atoms with E-state index in [2.05, 4.69) is 43.0 Å². The van der Waals surface area contributed by atoms with Gasteiger partial charge in [-0.05, 0) is 25.7 Å². The smallest absolute Gasteiger partial charge is 0.193 e. The molecular weight excluding hydrogens is 313 g/mol. The van der Waals surface area contributed by atoms with Crippen molar-refractivity contribution in [3.63, 3.8) is 0 Å². The van der Waals surface area contributed by atoms with E-state index in [9.17, 15) is 0 Å². The van der Waals surface area contributed by atoms with Crippen molar-refractivity contribution in [2.75, 3.05) is 20.1 Å². The fourth-order valence-electron chi connectivity index (χ4n) is 1.62. The summed E-state index contributed by atoms with van der Waals surface area (Å²) >= 11 is 0. The summed E-state index contributed by atoms with van der Waals surface area (Å²) in [6.07, 6.45) is 3.77. The highest BCUT2D eigenvalue weighted by Gasteiger charge is 2.33. The number of aliphatic imine (C=N–C) groups is 1. The van der Waals surface area contributed by atoms with Crippen molar-refractivity contribution < 1.29 is 0 Å². The first-order valence-electron chi connectivity index (χ1n) is 6.21. The van der Waals surface area contributed by atoms with Crippen molar-refractivity contribution in [1.29, 1.82) is 0 Å². The Labute approximate surface area is 117 Å². The number of nitrogens with zero attached hydrogens (tertiary/aromatic N) is 2. The second-order valence-corrected chi connectivity index (χ2v) is 4.54. The predicted molar refractivity (Wildman–Crippen MR) is 81.6 cm³/mol. The van der Waals surface area contributed by atoms with E-state index in [4.69, 9.17) is 0 Å². The Kier molecular flexibility index (Phi) is 8.14. The van der Waals surface area contributed by atoms with E-state index in [0.717, 1.165) is 25.0 Å². The van der Waals surface area contributed by atoms with Crippen LogP contribution in [0.4, 0.5) is 0 Å². The minimum absolute atomic E-state index is 0. The van der Waals surface area contributed by atoms with Crippen LogP contribution in [0, 0.1) is 5.92 Å². The first kappa shape index (κ1) is 16.0. The van der Waals surface area contributed by atoms with Crippen LogP contribution >= 0.6 is 24.0 Å². The number of rotatable bonds is 5. The Morgan fingerprint density at radius 3 is 2.50 bits per heavy atom. The molecule has 3 nitrogen and oxygen atoms in total. The quantitative estimate of drug-likeness (QED) is 0.474. The summed E-state index contributed by atoms with van der Waals surface area (Å²) in [5.74, 6) is 1.91. The normalized spacial score (nSPS) is 23.6. The van der Waals surface area contributed by atoms with Gasteiger partial charge in [0.2, 0.25) is 0 Å². The molecule has 1 N–H and O–H groups in total. The summed E-state index contributed by atoms with van der Waals surface area (Å²) in [5.41, 5.74) is 0. The summed E-state index contributed by atoms with van der Waals surface area (Å²) in [4.78, 5) is 6.77. The van der Waals surface area contributed by atoms with E-state index in [1.807, 2.05) is 0 Å². The number of hydrogen-bond donors (Lipinski definition) is 1. The molecule has 2 unspecified atom stereocenters. The molecule has 0 bridgehead atoms. The third-order valence-corrected chi connectivity index (χ3v) is 2.94. The zero-order valence-electron chi connectivity index (χ0n) is 11.0. The Morgan fingerprint density at radius 2 is 2.06 bits per heavy atom. The maximum Gasteiger partial charge on any atom is 0.193 e. The molecule has 0 radical (unpaired) electrons. The molecule has 0 spiro atoms. The van der Waals surface area contributed by atoms with Gasteiger partial charge in [-0.15, -0.1) is 24.0 Å². The molecule has 0 aromatic rings. The van der Waals surface area contributed by atoms with Crippen molar-refractivity contribution in [1.82, 2.24) is 10.2 Å². The Morgan fingerprint density at radius 1 is 1.44 bits per heavy atom. The first-order chi connectivity index (χ1) is 7.19. The molecular formula is C12H26IN3. The van der Waals surface area contributed by atoms with Gasteiger partial charge >= 0.3 is 0 Å². The van der Waals surface area contributed by atoms with Crippen LogP contribution in [0.3, 0.4) is 0 Å². The van der Waals surface area contributed by atoms with Gasteiger partial charge in [-0.2, -0.15) is 0 Å². The van der Waals surface area contributed by atoms with Crippen molar-refractivity contribution >= 4 is 29.9 Å². The number of nitrogens with one attached hydrogen (secondary N) is 1.